The van der Waals surface area contributed by atoms with Gasteiger partial charge in [-0.25, -0.2) is 8.42 Å². The monoisotopic (exact) mass is 518 g/mol. The highest BCUT2D eigenvalue weighted by Crippen LogP contribution is 2.44. The number of nitrogens with zero attached hydrogens (tertiary/aromatic N) is 2. The van der Waals surface area contributed by atoms with Crippen LogP contribution >= 0.6 is 11.8 Å². The third-order valence-electron chi connectivity index (χ3n) is 4.92. The molecule has 0 unspecified atom stereocenters. The minimum atomic E-state index is -5.12. The summed E-state index contributed by atoms with van der Waals surface area (Å²) >= 11 is 0.778. The molecule has 0 aromatic heterocycles. The zero-order valence-corrected chi connectivity index (χ0v) is 18.1. The Bertz CT molecular complexity index is 1070. The van der Waals surface area contributed by atoms with Crippen molar-refractivity contribution in [2.24, 2.45) is 4.99 Å². The second-order valence-electron chi connectivity index (χ2n) is 7.47. The Labute approximate surface area is 187 Å². The summed E-state index contributed by atoms with van der Waals surface area (Å²) in [6, 6.07) is -0.167. The van der Waals surface area contributed by atoms with Crippen molar-refractivity contribution in [2.45, 2.75) is 42.9 Å². The van der Waals surface area contributed by atoms with Gasteiger partial charge in [0.05, 0.1) is 28.7 Å². The van der Waals surface area contributed by atoms with Crippen LogP contribution in [0.2, 0.25) is 0 Å². The van der Waals surface area contributed by atoms with E-state index in [-0.39, 0.29) is 36.2 Å². The van der Waals surface area contributed by atoms with Crippen molar-refractivity contribution in [2.75, 3.05) is 16.4 Å². The molecule has 3 rings (SSSR count). The first-order valence-electron chi connectivity index (χ1n) is 9.36. The maximum absolute atomic E-state index is 13.3. The Hall–Kier alpha value is -2.29. The number of anilines is 1. The van der Waals surface area contributed by atoms with E-state index >= 15 is 0 Å². The maximum Gasteiger partial charge on any atom is 0.416 e. The van der Waals surface area contributed by atoms with Gasteiger partial charge >= 0.3 is 18.3 Å². The molecule has 1 aromatic rings. The summed E-state index contributed by atoms with van der Waals surface area (Å²) < 4.78 is 104. The van der Waals surface area contributed by atoms with Crippen molar-refractivity contribution in [1.29, 1.82) is 0 Å². The standard InChI is InChI=1S/C18H16F6N2O5S2/c19-17(20,21)9-4-10(18(22,23)24)6-11(5-9)26-12-7-33(30,31)8-13(12)32-16(26)25-14(27)2-1-3-15(28)29/h4-6,12-13H,1-3,7-8H2,(H,28,29)/t12-,13+/m1/s1. The molecule has 1 N–H and O–H groups in total. The molecular weight excluding hydrogens is 502 g/mol. The number of rotatable bonds is 5. The molecule has 7 nitrogen and oxygen atoms in total. The smallest absolute Gasteiger partial charge is 0.416 e. The highest BCUT2D eigenvalue weighted by molar-refractivity contribution is 8.16. The van der Waals surface area contributed by atoms with E-state index < -0.39 is 67.9 Å². The number of carbonyl (C=O) groups is 2. The van der Waals surface area contributed by atoms with E-state index in [0.29, 0.717) is 12.1 Å². The Balaban J connectivity index is 2.06. The van der Waals surface area contributed by atoms with Gasteiger partial charge in [-0.3, -0.25) is 9.59 Å². The first-order valence-corrected chi connectivity index (χ1v) is 12.1. The fourth-order valence-electron chi connectivity index (χ4n) is 3.50. The van der Waals surface area contributed by atoms with E-state index in [1.165, 1.54) is 0 Å². The number of carboxylic acid groups (broad SMARTS) is 1. The molecule has 182 valence electrons. The van der Waals surface area contributed by atoms with Crippen LogP contribution in [0.25, 0.3) is 0 Å². The molecule has 1 amide bonds. The van der Waals surface area contributed by atoms with Crippen molar-refractivity contribution in [1.82, 2.24) is 0 Å². The van der Waals surface area contributed by atoms with Crippen LogP contribution < -0.4 is 4.90 Å². The number of benzene rings is 1. The van der Waals surface area contributed by atoms with Gasteiger partial charge in [-0.1, -0.05) is 11.8 Å². The molecule has 2 aliphatic rings. The number of hydrogen-bond acceptors (Lipinski definition) is 5. The number of aliphatic imine (C=N–C) groups is 1. The molecular formula is C18H16F6N2O5S2. The number of thioether (sulfide) groups is 1. The lowest BCUT2D eigenvalue weighted by atomic mass is 10.1. The lowest BCUT2D eigenvalue weighted by Crippen LogP contribution is -2.38. The van der Waals surface area contributed by atoms with Crippen LogP contribution in [-0.4, -0.2) is 53.4 Å². The topological polar surface area (TPSA) is 104 Å². The minimum Gasteiger partial charge on any atom is -0.481 e. The van der Waals surface area contributed by atoms with Crippen molar-refractivity contribution in [3.63, 3.8) is 0 Å². The number of alkyl halides is 6. The lowest BCUT2D eigenvalue weighted by Gasteiger charge is -2.26. The van der Waals surface area contributed by atoms with Gasteiger partial charge in [0, 0.05) is 23.8 Å². The molecule has 15 heteroatoms. The number of halogens is 6. The Morgan fingerprint density at radius 1 is 1.03 bits per heavy atom. The van der Waals surface area contributed by atoms with Gasteiger partial charge in [0.1, 0.15) is 0 Å². The van der Waals surface area contributed by atoms with Gasteiger partial charge in [0.25, 0.3) is 0 Å². The number of carbonyl (C=O) groups excluding carboxylic acids is 1. The highest BCUT2D eigenvalue weighted by atomic mass is 32.2. The van der Waals surface area contributed by atoms with Gasteiger partial charge in [0.2, 0.25) is 5.91 Å². The third kappa shape index (κ3) is 5.99. The zero-order chi connectivity index (χ0) is 24.8. The summed E-state index contributed by atoms with van der Waals surface area (Å²) in [7, 11) is -3.61. The summed E-state index contributed by atoms with van der Waals surface area (Å²) in [5, 5.41) is 7.67. The fourth-order valence-corrected chi connectivity index (χ4v) is 7.43. The fraction of sp³-hybridized carbons (Fsp3) is 0.500. The summed E-state index contributed by atoms with van der Waals surface area (Å²) in [4.78, 5) is 27.4. The SMILES string of the molecule is O=C(O)CCCC(=O)N=C1S[C@H]2CS(=O)(=O)C[C@H]2N1c1cc(C(F)(F)F)cc(C(F)(F)F)c1. The summed E-state index contributed by atoms with van der Waals surface area (Å²) in [6.45, 7) is 0. The van der Waals surface area contributed by atoms with Crippen LogP contribution in [0.4, 0.5) is 32.0 Å². The van der Waals surface area contributed by atoms with Crippen LogP contribution in [0.5, 0.6) is 0 Å². The predicted molar refractivity (Wildman–Crippen MR) is 107 cm³/mol. The zero-order valence-electron chi connectivity index (χ0n) is 16.5. The van der Waals surface area contributed by atoms with Gasteiger partial charge in [-0.2, -0.15) is 31.3 Å². The van der Waals surface area contributed by atoms with Crippen LogP contribution in [-0.2, 0) is 31.8 Å². The first kappa shape index (κ1) is 25.3. The minimum absolute atomic E-state index is 0.0521. The molecule has 2 saturated heterocycles. The van der Waals surface area contributed by atoms with Gasteiger partial charge in [-0.15, -0.1) is 0 Å². The van der Waals surface area contributed by atoms with E-state index in [1.54, 1.807) is 0 Å². The van der Waals surface area contributed by atoms with Crippen molar-refractivity contribution >= 4 is 44.3 Å². The van der Waals surface area contributed by atoms with Crippen LogP contribution in [0.15, 0.2) is 23.2 Å². The van der Waals surface area contributed by atoms with Crippen LogP contribution in [0.1, 0.15) is 30.4 Å². The summed E-state index contributed by atoms with van der Waals surface area (Å²) in [5.41, 5.74) is -3.77. The average molecular weight is 518 g/mol. The molecule has 2 aliphatic heterocycles. The predicted octanol–water partition coefficient (Wildman–Crippen LogP) is 3.58. The Kier molecular flexibility index (Phi) is 6.77. The molecule has 0 spiro atoms. The number of aliphatic carboxylic acids is 1. The number of hydrogen-bond donors (Lipinski definition) is 1. The highest BCUT2D eigenvalue weighted by Gasteiger charge is 2.50. The molecule has 0 aliphatic carbocycles. The van der Waals surface area contributed by atoms with E-state index in [4.69, 9.17) is 5.11 Å². The van der Waals surface area contributed by atoms with E-state index in [1.807, 2.05) is 0 Å². The van der Waals surface area contributed by atoms with Crippen molar-refractivity contribution in [3.8, 4) is 0 Å². The Morgan fingerprint density at radius 3 is 2.12 bits per heavy atom. The van der Waals surface area contributed by atoms with E-state index in [9.17, 15) is 44.3 Å². The number of fused-ring (bicyclic) bond motifs is 1. The normalized spacial score (nSPS) is 23.7. The molecule has 1 aromatic carbocycles. The molecule has 0 saturated carbocycles. The van der Waals surface area contributed by atoms with Crippen molar-refractivity contribution in [3.05, 3.63) is 29.3 Å². The van der Waals surface area contributed by atoms with Crippen LogP contribution in [0.3, 0.4) is 0 Å². The van der Waals surface area contributed by atoms with Gasteiger partial charge in [0.15, 0.2) is 15.0 Å². The molecule has 2 heterocycles. The quantitative estimate of drug-likeness (QED) is 0.595. The number of sulfone groups is 1. The molecule has 0 bridgehead atoms. The second kappa shape index (κ2) is 8.81. The molecule has 33 heavy (non-hydrogen) atoms. The second-order valence-corrected chi connectivity index (χ2v) is 10.8. The number of amides is 1. The van der Waals surface area contributed by atoms with Crippen molar-refractivity contribution < 1.29 is 49.5 Å². The van der Waals surface area contributed by atoms with E-state index in [2.05, 4.69) is 4.99 Å². The summed E-state index contributed by atoms with van der Waals surface area (Å²) in [6.07, 6.45) is -11.0. The molecule has 0 radical (unpaired) electrons. The van der Waals surface area contributed by atoms with Gasteiger partial charge < -0.3 is 10.0 Å². The number of carboxylic acids is 1. The lowest BCUT2D eigenvalue weighted by molar-refractivity contribution is -0.143. The average Bonchev–Trinajstić information content (AvgIpc) is 3.10. The molecule has 2 atom stereocenters. The first-order chi connectivity index (χ1) is 15.1. The third-order valence-corrected chi connectivity index (χ3v) is 8.13. The maximum atomic E-state index is 13.3. The van der Waals surface area contributed by atoms with E-state index in [0.717, 1.165) is 16.7 Å². The van der Waals surface area contributed by atoms with Crippen LogP contribution in [0, 0.1) is 0 Å². The number of amidine groups is 1. The van der Waals surface area contributed by atoms with Gasteiger partial charge in [-0.05, 0) is 24.6 Å². The summed E-state index contributed by atoms with van der Waals surface area (Å²) in [5.74, 6) is -2.89. The molecule has 2 fully saturated rings. The Morgan fingerprint density at radius 2 is 1.61 bits per heavy atom. The largest absolute Gasteiger partial charge is 0.481 e.